The number of nitrogens with zero attached hydrogens (tertiary/aromatic N) is 6. The molecule has 11 heteroatoms. The van der Waals surface area contributed by atoms with Crippen molar-refractivity contribution in [1.29, 1.82) is 0 Å². The number of anilines is 3. The number of aliphatic hydroxyl groups excluding tert-OH is 1. The summed E-state index contributed by atoms with van der Waals surface area (Å²) in [5.74, 6) is 2.56. The molecular formula is C25H37N7O2SSi. The van der Waals surface area contributed by atoms with Gasteiger partial charge in [-0.05, 0) is 37.9 Å². The Balaban J connectivity index is 1.30. The van der Waals surface area contributed by atoms with E-state index in [1.165, 1.54) is 12.1 Å². The van der Waals surface area contributed by atoms with Crippen LogP contribution < -0.4 is 15.1 Å². The summed E-state index contributed by atoms with van der Waals surface area (Å²) < 4.78 is 12.6. The quantitative estimate of drug-likeness (QED) is 0.548. The van der Waals surface area contributed by atoms with E-state index in [4.69, 9.17) is 19.9 Å². The van der Waals surface area contributed by atoms with Crippen LogP contribution in [0.25, 0.3) is 5.57 Å². The van der Waals surface area contributed by atoms with Crippen molar-refractivity contribution in [3.63, 3.8) is 0 Å². The SMILES string of the molecule is CC(C)(CO)Nc1nc(N2CC=C(c3ncc(N4CC[Si](C)(C)CC4)cn3)CC2)nc2c1S(=O)CC2. The third kappa shape index (κ3) is 5.33. The number of hydrogen-bond donors (Lipinski definition) is 2. The minimum absolute atomic E-state index is 0.0557. The summed E-state index contributed by atoms with van der Waals surface area (Å²) in [4.78, 5) is 24.2. The van der Waals surface area contributed by atoms with E-state index in [9.17, 15) is 9.32 Å². The highest BCUT2D eigenvalue weighted by atomic mass is 32.2. The van der Waals surface area contributed by atoms with Gasteiger partial charge in [0.15, 0.2) is 5.82 Å². The van der Waals surface area contributed by atoms with Gasteiger partial charge in [-0.15, -0.1) is 0 Å². The van der Waals surface area contributed by atoms with E-state index < -0.39 is 24.4 Å². The van der Waals surface area contributed by atoms with Crippen LogP contribution >= 0.6 is 0 Å². The molecule has 3 aliphatic rings. The molecule has 1 unspecified atom stereocenters. The Kier molecular flexibility index (Phi) is 6.90. The molecule has 3 aliphatic heterocycles. The highest BCUT2D eigenvalue weighted by molar-refractivity contribution is 7.85. The van der Waals surface area contributed by atoms with Crippen molar-refractivity contribution < 1.29 is 9.32 Å². The molecule has 5 heterocycles. The second-order valence-corrected chi connectivity index (χ2v) is 18.3. The van der Waals surface area contributed by atoms with Crippen molar-refractivity contribution in [2.45, 2.75) is 62.3 Å². The van der Waals surface area contributed by atoms with Crippen molar-refractivity contribution in [3.8, 4) is 0 Å². The Labute approximate surface area is 216 Å². The van der Waals surface area contributed by atoms with Crippen LogP contribution in [0.15, 0.2) is 23.4 Å². The summed E-state index contributed by atoms with van der Waals surface area (Å²) in [6.45, 7) is 12.3. The molecule has 0 saturated carbocycles. The fourth-order valence-electron chi connectivity index (χ4n) is 4.84. The largest absolute Gasteiger partial charge is 0.394 e. The zero-order valence-electron chi connectivity index (χ0n) is 21.8. The maximum Gasteiger partial charge on any atom is 0.227 e. The van der Waals surface area contributed by atoms with Crippen LogP contribution in [0.1, 0.15) is 31.8 Å². The third-order valence-corrected chi connectivity index (χ3v) is 12.0. The summed E-state index contributed by atoms with van der Waals surface area (Å²) in [5, 5.41) is 13.0. The van der Waals surface area contributed by atoms with Crippen molar-refractivity contribution >= 4 is 41.9 Å². The van der Waals surface area contributed by atoms with E-state index in [1.807, 2.05) is 26.2 Å². The minimum atomic E-state index is -1.12. The summed E-state index contributed by atoms with van der Waals surface area (Å²) in [6, 6.07) is 2.65. The highest BCUT2D eigenvalue weighted by Gasteiger charge is 2.31. The monoisotopic (exact) mass is 527 g/mol. The molecule has 2 N–H and O–H groups in total. The molecule has 0 aromatic carbocycles. The van der Waals surface area contributed by atoms with Crippen molar-refractivity contribution in [2.75, 3.05) is 53.7 Å². The maximum atomic E-state index is 12.6. The van der Waals surface area contributed by atoms with Gasteiger partial charge in [0.25, 0.3) is 0 Å². The van der Waals surface area contributed by atoms with Gasteiger partial charge in [-0.25, -0.2) is 15.0 Å². The molecule has 9 nitrogen and oxygen atoms in total. The Hall–Kier alpha value is -2.37. The molecular weight excluding hydrogens is 490 g/mol. The van der Waals surface area contributed by atoms with Crippen molar-refractivity contribution in [1.82, 2.24) is 19.9 Å². The van der Waals surface area contributed by atoms with Crippen LogP contribution in [0.2, 0.25) is 25.2 Å². The molecule has 2 aromatic rings. The number of aliphatic hydroxyl groups is 1. The summed E-state index contributed by atoms with van der Waals surface area (Å²) in [6.07, 6.45) is 7.59. The first-order chi connectivity index (χ1) is 17.1. The van der Waals surface area contributed by atoms with E-state index in [1.54, 1.807) is 0 Å². The van der Waals surface area contributed by atoms with Gasteiger partial charge in [-0.2, -0.15) is 4.98 Å². The molecule has 5 rings (SSSR count). The molecule has 194 valence electrons. The van der Waals surface area contributed by atoms with Gasteiger partial charge in [0, 0.05) is 38.4 Å². The molecule has 0 radical (unpaired) electrons. The van der Waals surface area contributed by atoms with Crippen LogP contribution in [-0.4, -0.2) is 81.4 Å². The lowest BCUT2D eigenvalue weighted by Gasteiger charge is -2.36. The Morgan fingerprint density at radius 1 is 1.08 bits per heavy atom. The summed E-state index contributed by atoms with van der Waals surface area (Å²) in [7, 11) is -2.12. The lowest BCUT2D eigenvalue weighted by atomic mass is 10.1. The molecule has 1 fully saturated rings. The van der Waals surface area contributed by atoms with Crippen LogP contribution in [-0.2, 0) is 17.2 Å². The predicted octanol–water partition coefficient (Wildman–Crippen LogP) is 2.94. The van der Waals surface area contributed by atoms with Gasteiger partial charge >= 0.3 is 0 Å². The first kappa shape index (κ1) is 25.3. The smallest absolute Gasteiger partial charge is 0.227 e. The molecule has 1 atom stereocenters. The standard InChI is InChI=1S/C25H37N7O2SSi/c1-25(2,17-33)30-23-21-20(7-12-35(21)34)28-24(29-23)32-8-5-18(6-9-32)22-26-15-19(16-27-22)31-10-13-36(3,4)14-11-31/h5,15-16,33H,6-14,17H2,1-4H3,(H,28,29,30). The predicted molar refractivity (Wildman–Crippen MR) is 148 cm³/mol. The molecule has 0 bridgehead atoms. The van der Waals surface area contributed by atoms with Gasteiger partial charge in [-0.3, -0.25) is 4.21 Å². The molecule has 1 saturated heterocycles. The second kappa shape index (κ2) is 9.83. The topological polar surface area (TPSA) is 107 Å². The molecule has 0 amide bonds. The number of rotatable bonds is 6. The van der Waals surface area contributed by atoms with Gasteiger partial charge < -0.3 is 20.2 Å². The van der Waals surface area contributed by atoms with Gasteiger partial charge in [0.05, 0.1) is 54.8 Å². The Morgan fingerprint density at radius 2 is 1.81 bits per heavy atom. The summed E-state index contributed by atoms with van der Waals surface area (Å²) >= 11 is 0. The number of hydrogen-bond acceptors (Lipinski definition) is 9. The number of nitrogens with one attached hydrogen (secondary N) is 1. The normalized spacial score (nSPS) is 21.8. The zero-order chi connectivity index (χ0) is 25.5. The van der Waals surface area contributed by atoms with E-state index in [-0.39, 0.29) is 6.61 Å². The highest BCUT2D eigenvalue weighted by Crippen LogP contribution is 2.33. The Bertz CT molecular complexity index is 1180. The van der Waals surface area contributed by atoms with Crippen molar-refractivity contribution in [2.24, 2.45) is 0 Å². The summed E-state index contributed by atoms with van der Waals surface area (Å²) in [5.41, 5.74) is 2.53. The van der Waals surface area contributed by atoms with Gasteiger partial charge in [-0.1, -0.05) is 19.2 Å². The fourth-order valence-corrected chi connectivity index (χ4v) is 8.15. The second-order valence-electron chi connectivity index (χ2n) is 11.5. The average molecular weight is 528 g/mol. The van der Waals surface area contributed by atoms with Gasteiger partial charge in [0.1, 0.15) is 10.7 Å². The zero-order valence-corrected chi connectivity index (χ0v) is 23.6. The first-order valence-electron chi connectivity index (χ1n) is 12.8. The fraction of sp³-hybridized carbons (Fsp3) is 0.600. The molecule has 2 aromatic heterocycles. The minimum Gasteiger partial charge on any atom is -0.394 e. The lowest BCUT2D eigenvalue weighted by Crippen LogP contribution is -2.42. The van der Waals surface area contributed by atoms with E-state index in [0.717, 1.165) is 48.8 Å². The van der Waals surface area contributed by atoms with E-state index in [2.05, 4.69) is 34.3 Å². The maximum absolute atomic E-state index is 12.6. The van der Waals surface area contributed by atoms with Crippen LogP contribution in [0.5, 0.6) is 0 Å². The van der Waals surface area contributed by atoms with E-state index >= 15 is 0 Å². The third-order valence-electron chi connectivity index (χ3n) is 7.43. The molecule has 0 aliphatic carbocycles. The van der Waals surface area contributed by atoms with Crippen molar-refractivity contribution in [3.05, 3.63) is 30.0 Å². The number of fused-ring (bicyclic) bond motifs is 1. The van der Waals surface area contributed by atoms with Crippen LogP contribution in [0, 0.1) is 0 Å². The lowest BCUT2D eigenvalue weighted by molar-refractivity contribution is 0.233. The van der Waals surface area contributed by atoms with E-state index in [0.29, 0.717) is 35.4 Å². The van der Waals surface area contributed by atoms with Gasteiger partial charge in [0.2, 0.25) is 5.95 Å². The van der Waals surface area contributed by atoms with Crippen LogP contribution in [0.4, 0.5) is 17.5 Å². The first-order valence-corrected chi connectivity index (χ1v) is 17.6. The molecule has 0 spiro atoms. The number of aromatic nitrogens is 4. The average Bonchev–Trinajstić information content (AvgIpc) is 3.25. The Morgan fingerprint density at radius 3 is 2.44 bits per heavy atom. The van der Waals surface area contributed by atoms with Crippen LogP contribution in [0.3, 0.4) is 0 Å². The number of aryl methyl sites for hydroxylation is 1. The molecule has 36 heavy (non-hydrogen) atoms.